The van der Waals surface area contributed by atoms with Gasteiger partial charge in [0.05, 0.1) is 23.0 Å². The third kappa shape index (κ3) is 7.57. The molecule has 0 aliphatic carbocycles. The molecule has 11 nitrogen and oxygen atoms in total. The van der Waals surface area contributed by atoms with E-state index in [-0.39, 0.29) is 18.2 Å². The van der Waals surface area contributed by atoms with Crippen LogP contribution in [0.4, 0.5) is 16.2 Å². The van der Waals surface area contributed by atoms with Crippen molar-refractivity contribution in [3.8, 4) is 17.2 Å². The minimum Gasteiger partial charge on any atom is -0.495 e. The number of halogens is 1. The van der Waals surface area contributed by atoms with Gasteiger partial charge < -0.3 is 30.2 Å². The lowest BCUT2D eigenvalue weighted by atomic mass is 10.1. The highest BCUT2D eigenvalue weighted by Crippen LogP contribution is 2.35. The van der Waals surface area contributed by atoms with E-state index in [4.69, 9.17) is 14.2 Å². The number of nitrogens with zero attached hydrogens (tertiary/aromatic N) is 1. The Morgan fingerprint density at radius 3 is 2.43 bits per heavy atom. The third-order valence-corrected chi connectivity index (χ3v) is 6.77. The summed E-state index contributed by atoms with van der Waals surface area (Å²) in [5.74, 6) is -0.374. The SMILES string of the molecule is CCOc1cc(/C=C2/NC(=O)N(CC(=O)Nc3ccccc3OC)C2=O)cc(I)c1OCC(=O)Nc1ccc(C)cc1. The summed E-state index contributed by atoms with van der Waals surface area (Å²) in [4.78, 5) is 51.4. The average molecular weight is 684 g/mol. The molecule has 42 heavy (non-hydrogen) atoms. The number of amides is 5. The highest BCUT2D eigenvalue weighted by atomic mass is 127. The second kappa shape index (κ2) is 13.9. The van der Waals surface area contributed by atoms with E-state index in [0.29, 0.717) is 44.4 Å². The van der Waals surface area contributed by atoms with Crippen molar-refractivity contribution in [1.29, 1.82) is 0 Å². The standard InChI is InChI=1S/C30H29IN4O7/c1-4-41-25-15-19(13-21(31)28(25)42-17-27(37)32-20-11-9-18(2)10-12-20)14-23-29(38)35(30(39)34-23)16-26(36)33-22-7-5-6-8-24(22)40-3/h5-15H,4,16-17H2,1-3H3,(H,32,37)(H,33,36)(H,34,39)/b23-14+. The summed E-state index contributed by atoms with van der Waals surface area (Å²) >= 11 is 2.05. The Labute approximate surface area is 256 Å². The van der Waals surface area contributed by atoms with Crippen LogP contribution in [0.5, 0.6) is 17.2 Å². The van der Waals surface area contributed by atoms with Crippen molar-refractivity contribution in [2.45, 2.75) is 13.8 Å². The normalized spacial score (nSPS) is 13.5. The number of imide groups is 1. The van der Waals surface area contributed by atoms with Crippen molar-refractivity contribution >= 4 is 63.8 Å². The molecule has 3 aromatic carbocycles. The molecule has 3 N–H and O–H groups in total. The number of carbonyl (C=O) groups is 4. The second-order valence-electron chi connectivity index (χ2n) is 9.09. The molecule has 5 amide bonds. The Morgan fingerprint density at radius 1 is 0.976 bits per heavy atom. The van der Waals surface area contributed by atoms with Gasteiger partial charge in [0.25, 0.3) is 11.8 Å². The van der Waals surface area contributed by atoms with Gasteiger partial charge in [0.1, 0.15) is 18.0 Å². The smallest absolute Gasteiger partial charge is 0.329 e. The van der Waals surface area contributed by atoms with Gasteiger partial charge in [-0.05, 0) is 84.5 Å². The summed E-state index contributed by atoms with van der Waals surface area (Å²) in [7, 11) is 1.47. The van der Waals surface area contributed by atoms with E-state index in [1.165, 1.54) is 13.2 Å². The number of anilines is 2. The van der Waals surface area contributed by atoms with Crippen LogP contribution in [0.3, 0.4) is 0 Å². The molecule has 0 atom stereocenters. The fourth-order valence-electron chi connectivity index (χ4n) is 4.01. The van der Waals surface area contributed by atoms with Gasteiger partial charge in [0, 0.05) is 5.69 Å². The molecule has 3 aromatic rings. The molecular weight excluding hydrogens is 655 g/mol. The van der Waals surface area contributed by atoms with Crippen molar-refractivity contribution in [2.75, 3.05) is 37.5 Å². The minimum atomic E-state index is -0.722. The van der Waals surface area contributed by atoms with E-state index in [2.05, 4.69) is 16.0 Å². The van der Waals surface area contributed by atoms with E-state index in [0.717, 1.165) is 10.5 Å². The zero-order chi connectivity index (χ0) is 30.2. The van der Waals surface area contributed by atoms with Gasteiger partial charge in [-0.15, -0.1) is 0 Å². The third-order valence-electron chi connectivity index (χ3n) is 5.97. The average Bonchev–Trinajstić information content (AvgIpc) is 3.21. The monoisotopic (exact) mass is 684 g/mol. The number of rotatable bonds is 11. The number of hydrogen-bond donors (Lipinski definition) is 3. The fraction of sp³-hybridized carbons (Fsp3) is 0.200. The number of ether oxygens (including phenoxy) is 3. The number of methoxy groups -OCH3 is 1. The highest BCUT2D eigenvalue weighted by molar-refractivity contribution is 14.1. The first-order valence-corrected chi connectivity index (χ1v) is 14.0. The van der Waals surface area contributed by atoms with Crippen molar-refractivity contribution in [1.82, 2.24) is 10.2 Å². The molecule has 0 spiro atoms. The number of benzene rings is 3. The van der Waals surface area contributed by atoms with Crippen LogP contribution >= 0.6 is 22.6 Å². The van der Waals surface area contributed by atoms with E-state index in [1.54, 1.807) is 43.3 Å². The van der Waals surface area contributed by atoms with Crippen LogP contribution < -0.4 is 30.2 Å². The van der Waals surface area contributed by atoms with Crippen molar-refractivity contribution in [2.24, 2.45) is 0 Å². The molecule has 1 aliphatic heterocycles. The molecule has 1 aliphatic rings. The maximum atomic E-state index is 13.0. The molecule has 0 radical (unpaired) electrons. The topological polar surface area (TPSA) is 135 Å². The molecule has 218 valence electrons. The molecule has 12 heteroatoms. The maximum absolute atomic E-state index is 13.0. The van der Waals surface area contributed by atoms with Gasteiger partial charge in [-0.3, -0.25) is 14.4 Å². The van der Waals surface area contributed by atoms with E-state index in [9.17, 15) is 19.2 Å². The zero-order valence-electron chi connectivity index (χ0n) is 23.2. The van der Waals surface area contributed by atoms with E-state index >= 15 is 0 Å². The van der Waals surface area contributed by atoms with Gasteiger partial charge in [-0.2, -0.15) is 0 Å². The number of urea groups is 1. The minimum absolute atomic E-state index is 0.00511. The van der Waals surface area contributed by atoms with Gasteiger partial charge >= 0.3 is 6.03 Å². The van der Waals surface area contributed by atoms with Crippen LogP contribution in [-0.2, 0) is 14.4 Å². The summed E-state index contributed by atoms with van der Waals surface area (Å²) in [5, 5.41) is 7.94. The van der Waals surface area contributed by atoms with Gasteiger partial charge in [-0.1, -0.05) is 29.8 Å². The molecule has 1 heterocycles. The number of hydrogen-bond acceptors (Lipinski definition) is 7. The predicted molar refractivity (Wildman–Crippen MR) is 165 cm³/mol. The summed E-state index contributed by atoms with van der Waals surface area (Å²) in [6, 6.07) is 16.9. The van der Waals surface area contributed by atoms with Crippen LogP contribution in [0.25, 0.3) is 6.08 Å². The van der Waals surface area contributed by atoms with Crippen molar-refractivity contribution in [3.63, 3.8) is 0 Å². The Balaban J connectivity index is 1.44. The van der Waals surface area contributed by atoms with Crippen LogP contribution in [0.2, 0.25) is 0 Å². The molecule has 0 saturated carbocycles. The first-order valence-electron chi connectivity index (χ1n) is 12.9. The lowest BCUT2D eigenvalue weighted by molar-refractivity contribution is -0.127. The molecule has 0 bridgehead atoms. The first kappa shape index (κ1) is 30.4. The maximum Gasteiger partial charge on any atom is 0.329 e. The highest BCUT2D eigenvalue weighted by Gasteiger charge is 2.35. The summed E-state index contributed by atoms with van der Waals surface area (Å²) in [6.07, 6.45) is 1.48. The lowest BCUT2D eigenvalue weighted by Crippen LogP contribution is -2.38. The van der Waals surface area contributed by atoms with Crippen LogP contribution in [0.15, 0.2) is 66.4 Å². The Morgan fingerprint density at radius 2 is 1.71 bits per heavy atom. The van der Waals surface area contributed by atoms with Gasteiger partial charge in [0.15, 0.2) is 18.1 Å². The summed E-state index contributed by atoms with van der Waals surface area (Å²) < 4.78 is 17.4. The lowest BCUT2D eigenvalue weighted by Gasteiger charge is -2.15. The van der Waals surface area contributed by atoms with Crippen LogP contribution in [0, 0.1) is 10.5 Å². The quantitative estimate of drug-likeness (QED) is 0.153. The molecule has 0 unspecified atom stereocenters. The van der Waals surface area contributed by atoms with E-state index in [1.807, 2.05) is 53.8 Å². The zero-order valence-corrected chi connectivity index (χ0v) is 25.3. The van der Waals surface area contributed by atoms with Crippen molar-refractivity contribution in [3.05, 3.63) is 81.1 Å². The Kier molecular flexibility index (Phi) is 10.0. The van der Waals surface area contributed by atoms with Gasteiger partial charge in [0.2, 0.25) is 5.91 Å². The van der Waals surface area contributed by atoms with E-state index < -0.39 is 24.4 Å². The van der Waals surface area contributed by atoms with Crippen LogP contribution in [-0.4, -0.2) is 55.5 Å². The number of aryl methyl sites for hydroxylation is 1. The molecule has 1 fully saturated rings. The molecule has 1 saturated heterocycles. The molecule has 4 rings (SSSR count). The van der Waals surface area contributed by atoms with Crippen molar-refractivity contribution < 1.29 is 33.4 Å². The van der Waals surface area contributed by atoms with Crippen LogP contribution in [0.1, 0.15) is 18.1 Å². The number of para-hydroxylation sites is 2. The number of nitrogens with one attached hydrogen (secondary N) is 3. The second-order valence-corrected chi connectivity index (χ2v) is 10.3. The fourth-order valence-corrected chi connectivity index (χ4v) is 4.79. The predicted octanol–water partition coefficient (Wildman–Crippen LogP) is 4.56. The Bertz CT molecular complexity index is 1540. The first-order chi connectivity index (χ1) is 20.2. The summed E-state index contributed by atoms with van der Waals surface area (Å²) in [6.45, 7) is 3.36. The molecule has 0 aromatic heterocycles. The molecular formula is C30H29IN4O7. The van der Waals surface area contributed by atoms with Gasteiger partial charge in [-0.25, -0.2) is 9.69 Å². The largest absolute Gasteiger partial charge is 0.495 e. The Hall–Kier alpha value is -4.59. The summed E-state index contributed by atoms with van der Waals surface area (Å²) in [5.41, 5.74) is 2.69. The number of carbonyl (C=O) groups excluding carboxylic acids is 4.